The topological polar surface area (TPSA) is 20.3 Å². The quantitative estimate of drug-likeness (QED) is 0.515. The number of rotatable bonds is 2. The number of amides is 1. The second-order valence-electron chi connectivity index (χ2n) is 4.91. The normalized spacial score (nSPS) is 23.2. The molecule has 1 aliphatic carbocycles. The Labute approximate surface area is 137 Å². The Hall–Kier alpha value is -0.0000000000000000555. The Morgan fingerprint density at radius 2 is 2.05 bits per heavy atom. The molecule has 5 heteroatoms. The van der Waals surface area contributed by atoms with Crippen LogP contribution in [0.1, 0.15) is 36.0 Å². The van der Waals surface area contributed by atoms with E-state index in [0.717, 1.165) is 29.3 Å². The molecule has 1 saturated carbocycles. The number of halogens is 3. The van der Waals surface area contributed by atoms with Crippen molar-refractivity contribution in [3.8, 4) is 0 Å². The first-order chi connectivity index (χ1) is 9.00. The number of carbonyl (C=O) groups is 1. The Bertz CT molecular complexity index is 481. The summed E-state index contributed by atoms with van der Waals surface area (Å²) in [5.41, 5.74) is 0.657. The number of carbonyl (C=O) groups excluding carboxylic acids is 1. The fourth-order valence-electron chi connectivity index (χ4n) is 2.50. The molecule has 19 heavy (non-hydrogen) atoms. The van der Waals surface area contributed by atoms with Gasteiger partial charge in [-0.15, -0.1) is 11.6 Å². The van der Waals surface area contributed by atoms with E-state index in [1.54, 1.807) is 17.0 Å². The van der Waals surface area contributed by atoms with Gasteiger partial charge in [-0.25, -0.2) is 0 Å². The van der Waals surface area contributed by atoms with E-state index in [2.05, 4.69) is 22.6 Å². The molecule has 1 aromatic carbocycles. The van der Waals surface area contributed by atoms with E-state index in [9.17, 15) is 4.79 Å². The first-order valence-electron chi connectivity index (χ1n) is 6.37. The van der Waals surface area contributed by atoms with Crippen LogP contribution in [0.25, 0.3) is 0 Å². The summed E-state index contributed by atoms with van der Waals surface area (Å²) in [6.07, 6.45) is 4.25. The van der Waals surface area contributed by atoms with Gasteiger partial charge in [0, 0.05) is 21.7 Å². The van der Waals surface area contributed by atoms with Crippen LogP contribution in [-0.2, 0) is 0 Å². The predicted octanol–water partition coefficient (Wildman–Crippen LogP) is 4.57. The third kappa shape index (κ3) is 3.56. The van der Waals surface area contributed by atoms with Gasteiger partial charge in [-0.3, -0.25) is 4.79 Å². The fraction of sp³-hybridized carbons (Fsp3) is 0.500. The molecule has 0 heterocycles. The van der Waals surface area contributed by atoms with Gasteiger partial charge >= 0.3 is 0 Å². The highest BCUT2D eigenvalue weighted by Gasteiger charge is 2.30. The van der Waals surface area contributed by atoms with Crippen molar-refractivity contribution < 1.29 is 4.79 Å². The standard InChI is InChI=1S/C14H16Cl2INO/c1-18(13-5-3-2-4-11(13)16)14(19)10-8-9(15)6-7-12(10)17/h6-8,11,13H,2-5H2,1H3. The molecule has 1 amide bonds. The summed E-state index contributed by atoms with van der Waals surface area (Å²) in [5.74, 6) is 0.00412. The Kier molecular flexibility index (Phi) is 5.37. The van der Waals surface area contributed by atoms with Crippen LogP contribution < -0.4 is 0 Å². The third-order valence-electron chi connectivity index (χ3n) is 3.62. The molecule has 0 radical (unpaired) electrons. The number of benzene rings is 1. The number of alkyl halides is 1. The Balaban J connectivity index is 2.20. The summed E-state index contributed by atoms with van der Waals surface area (Å²) in [7, 11) is 1.84. The van der Waals surface area contributed by atoms with E-state index in [-0.39, 0.29) is 17.3 Å². The molecule has 104 valence electrons. The number of nitrogens with zero attached hydrogens (tertiary/aromatic N) is 1. The van der Waals surface area contributed by atoms with E-state index in [4.69, 9.17) is 23.2 Å². The van der Waals surface area contributed by atoms with Gasteiger partial charge in [0.05, 0.1) is 10.9 Å². The zero-order valence-electron chi connectivity index (χ0n) is 10.7. The summed E-state index contributed by atoms with van der Waals surface area (Å²) in [6.45, 7) is 0. The van der Waals surface area contributed by atoms with Gasteiger partial charge in [-0.2, -0.15) is 0 Å². The van der Waals surface area contributed by atoms with Crippen molar-refractivity contribution in [2.75, 3.05) is 7.05 Å². The zero-order chi connectivity index (χ0) is 14.0. The van der Waals surface area contributed by atoms with Gasteiger partial charge in [0.25, 0.3) is 5.91 Å². The molecular formula is C14H16Cl2INO. The molecule has 1 aromatic rings. The molecule has 0 aliphatic heterocycles. The summed E-state index contributed by atoms with van der Waals surface area (Å²) >= 11 is 14.5. The molecule has 0 spiro atoms. The lowest BCUT2D eigenvalue weighted by Gasteiger charge is -2.35. The second-order valence-corrected chi connectivity index (χ2v) is 7.07. The molecule has 2 rings (SSSR count). The van der Waals surface area contributed by atoms with Gasteiger partial charge in [0.2, 0.25) is 0 Å². The maximum Gasteiger partial charge on any atom is 0.255 e. The number of hydrogen-bond acceptors (Lipinski definition) is 1. The van der Waals surface area contributed by atoms with Crippen molar-refractivity contribution in [3.05, 3.63) is 32.4 Å². The summed E-state index contributed by atoms with van der Waals surface area (Å²) in [4.78, 5) is 14.3. The van der Waals surface area contributed by atoms with Crippen LogP contribution in [0.5, 0.6) is 0 Å². The van der Waals surface area contributed by atoms with Crippen LogP contribution in [0.4, 0.5) is 0 Å². The van der Waals surface area contributed by atoms with Crippen LogP contribution in [0.2, 0.25) is 5.02 Å². The highest BCUT2D eigenvalue weighted by Crippen LogP contribution is 2.28. The minimum Gasteiger partial charge on any atom is -0.337 e. The van der Waals surface area contributed by atoms with Crippen molar-refractivity contribution in [3.63, 3.8) is 0 Å². The van der Waals surface area contributed by atoms with Crippen molar-refractivity contribution in [1.29, 1.82) is 0 Å². The lowest BCUT2D eigenvalue weighted by atomic mass is 9.93. The zero-order valence-corrected chi connectivity index (χ0v) is 14.4. The molecule has 0 saturated heterocycles. The SMILES string of the molecule is CN(C(=O)c1cc(Cl)ccc1I)C1CCCCC1Cl. The lowest BCUT2D eigenvalue weighted by molar-refractivity contribution is 0.0699. The van der Waals surface area contributed by atoms with Crippen LogP contribution >= 0.6 is 45.8 Å². The lowest BCUT2D eigenvalue weighted by Crippen LogP contribution is -2.44. The third-order valence-corrected chi connectivity index (χ3v) is 5.31. The van der Waals surface area contributed by atoms with Gasteiger partial charge in [-0.05, 0) is 53.6 Å². The molecule has 2 unspecified atom stereocenters. The van der Waals surface area contributed by atoms with Crippen molar-refractivity contribution in [2.24, 2.45) is 0 Å². The van der Waals surface area contributed by atoms with Crippen LogP contribution in [0, 0.1) is 3.57 Å². The average Bonchev–Trinajstić information content (AvgIpc) is 2.40. The van der Waals surface area contributed by atoms with Gasteiger partial charge in [0.1, 0.15) is 0 Å². The first-order valence-corrected chi connectivity index (χ1v) is 8.26. The van der Waals surface area contributed by atoms with Crippen molar-refractivity contribution in [1.82, 2.24) is 4.90 Å². The monoisotopic (exact) mass is 411 g/mol. The molecule has 0 aromatic heterocycles. The Morgan fingerprint density at radius 3 is 2.74 bits per heavy atom. The Morgan fingerprint density at radius 1 is 1.37 bits per heavy atom. The molecule has 2 atom stereocenters. The van der Waals surface area contributed by atoms with Gasteiger partial charge < -0.3 is 4.90 Å². The molecule has 0 bridgehead atoms. The highest BCUT2D eigenvalue weighted by molar-refractivity contribution is 14.1. The van der Waals surface area contributed by atoms with Gasteiger partial charge in [0.15, 0.2) is 0 Å². The van der Waals surface area contributed by atoms with Crippen molar-refractivity contribution in [2.45, 2.75) is 37.1 Å². The smallest absolute Gasteiger partial charge is 0.255 e. The molecule has 2 nitrogen and oxygen atoms in total. The fourth-order valence-corrected chi connectivity index (χ4v) is 3.69. The van der Waals surface area contributed by atoms with Crippen LogP contribution in [0.15, 0.2) is 18.2 Å². The highest BCUT2D eigenvalue weighted by atomic mass is 127. The maximum absolute atomic E-state index is 12.6. The maximum atomic E-state index is 12.6. The predicted molar refractivity (Wildman–Crippen MR) is 88.2 cm³/mol. The van der Waals surface area contributed by atoms with E-state index in [1.807, 2.05) is 13.1 Å². The van der Waals surface area contributed by atoms with E-state index < -0.39 is 0 Å². The second kappa shape index (κ2) is 6.64. The average molecular weight is 412 g/mol. The molecule has 0 N–H and O–H groups in total. The van der Waals surface area contributed by atoms with E-state index in [0.29, 0.717) is 10.6 Å². The molecular weight excluding hydrogens is 396 g/mol. The first kappa shape index (κ1) is 15.4. The van der Waals surface area contributed by atoms with Crippen molar-refractivity contribution >= 4 is 51.7 Å². The molecule has 1 fully saturated rings. The van der Waals surface area contributed by atoms with Gasteiger partial charge in [-0.1, -0.05) is 24.4 Å². The van der Waals surface area contributed by atoms with Crippen LogP contribution in [-0.4, -0.2) is 29.3 Å². The number of hydrogen-bond donors (Lipinski definition) is 0. The largest absolute Gasteiger partial charge is 0.337 e. The van der Waals surface area contributed by atoms with Crippen LogP contribution in [0.3, 0.4) is 0 Å². The minimum atomic E-state index is 0.00412. The summed E-state index contributed by atoms with van der Waals surface area (Å²) in [6, 6.07) is 5.51. The summed E-state index contributed by atoms with van der Waals surface area (Å²) < 4.78 is 0.917. The van der Waals surface area contributed by atoms with E-state index in [1.165, 1.54) is 0 Å². The minimum absolute atomic E-state index is 0.00412. The van der Waals surface area contributed by atoms with E-state index >= 15 is 0 Å². The summed E-state index contributed by atoms with van der Waals surface area (Å²) in [5, 5.41) is 0.641. The molecule has 1 aliphatic rings.